The second-order valence-corrected chi connectivity index (χ2v) is 2.39. The van der Waals surface area contributed by atoms with Gasteiger partial charge in [0.25, 0.3) is 0 Å². The quantitative estimate of drug-likeness (QED) is 0.465. The van der Waals surface area contributed by atoms with Crippen LogP contribution in [-0.2, 0) is 0 Å². The molecular formula is C7H12NO+. The summed E-state index contributed by atoms with van der Waals surface area (Å²) in [5.41, 5.74) is 6.69. The second-order valence-electron chi connectivity index (χ2n) is 2.39. The van der Waals surface area contributed by atoms with Crippen LogP contribution in [0.1, 0.15) is 13.3 Å². The van der Waals surface area contributed by atoms with E-state index in [9.17, 15) is 0 Å². The number of rotatable bonds is 0. The average Bonchev–Trinajstić information content (AvgIpc) is 1.80. The maximum atomic E-state index is 7.30. The molecule has 0 aromatic rings. The van der Waals surface area contributed by atoms with Gasteiger partial charge in [0.2, 0.25) is 5.76 Å². The lowest BCUT2D eigenvalue weighted by molar-refractivity contribution is 0.364. The van der Waals surface area contributed by atoms with E-state index in [-0.39, 0.29) is 6.04 Å². The van der Waals surface area contributed by atoms with E-state index in [2.05, 4.69) is 6.08 Å². The topological polar surface area (TPSA) is 48.9 Å². The Balaban J connectivity index is 2.74. The third kappa shape index (κ3) is 1.33. The van der Waals surface area contributed by atoms with Gasteiger partial charge in [0.1, 0.15) is 6.04 Å². The summed E-state index contributed by atoms with van der Waals surface area (Å²) in [5, 5.41) is 7.30. The van der Waals surface area contributed by atoms with Gasteiger partial charge in [-0.3, -0.25) is 0 Å². The fourth-order valence-electron chi connectivity index (χ4n) is 0.851. The maximum absolute atomic E-state index is 7.30. The van der Waals surface area contributed by atoms with Gasteiger partial charge < -0.3 is 10.8 Å². The predicted octanol–water partition coefficient (Wildman–Crippen LogP) is 0.272. The first kappa shape index (κ1) is 6.36. The van der Waals surface area contributed by atoms with Crippen LogP contribution >= 0.6 is 0 Å². The van der Waals surface area contributed by atoms with E-state index in [1.807, 2.05) is 13.0 Å². The molecule has 0 amide bonds. The smallest absolute Gasteiger partial charge is 0.246 e. The summed E-state index contributed by atoms with van der Waals surface area (Å²) in [6.07, 6.45) is 4.69. The highest BCUT2D eigenvalue weighted by atomic mass is 16.3. The van der Waals surface area contributed by atoms with Gasteiger partial charge in [0, 0.05) is 6.08 Å². The molecule has 2 heteroatoms. The Bertz CT molecular complexity index is 170. The normalized spacial score (nSPS) is 27.1. The summed E-state index contributed by atoms with van der Waals surface area (Å²) in [6.45, 7) is 1.99. The summed E-state index contributed by atoms with van der Waals surface area (Å²) in [6, 6.07) is -0.0614. The van der Waals surface area contributed by atoms with Crippen LogP contribution in [0.15, 0.2) is 23.5 Å². The molecule has 0 aromatic heterocycles. The van der Waals surface area contributed by atoms with Gasteiger partial charge in [-0.15, -0.1) is 0 Å². The molecule has 1 aliphatic rings. The van der Waals surface area contributed by atoms with Crippen molar-refractivity contribution < 1.29 is 5.11 Å². The fraction of sp³-hybridized carbons (Fsp3) is 0.429. The Morgan fingerprint density at radius 3 is 2.89 bits per heavy atom. The molecular weight excluding hydrogens is 114 g/mol. The van der Waals surface area contributed by atoms with Crippen LogP contribution < -0.4 is 5.73 Å². The van der Waals surface area contributed by atoms with Gasteiger partial charge in [-0.1, -0.05) is 6.08 Å². The van der Waals surface area contributed by atoms with E-state index in [1.165, 1.54) is 0 Å². The van der Waals surface area contributed by atoms with Crippen molar-refractivity contribution in [2.24, 2.45) is 5.73 Å². The fourth-order valence-corrected chi connectivity index (χ4v) is 0.851. The van der Waals surface area contributed by atoms with Gasteiger partial charge in [0.15, 0.2) is 0 Å². The molecule has 2 nitrogen and oxygen atoms in total. The van der Waals surface area contributed by atoms with Crippen LogP contribution in [0.25, 0.3) is 0 Å². The van der Waals surface area contributed by atoms with Crippen molar-refractivity contribution in [1.29, 1.82) is 0 Å². The van der Waals surface area contributed by atoms with Crippen LogP contribution in [-0.4, -0.2) is 11.1 Å². The van der Waals surface area contributed by atoms with Crippen LogP contribution in [0.4, 0.5) is 0 Å². The SMILES string of the molecule is CC1=CCC(N)C([OH2+])=C1. The van der Waals surface area contributed by atoms with Crippen molar-refractivity contribution in [3.63, 3.8) is 0 Å². The third-order valence-corrected chi connectivity index (χ3v) is 1.48. The molecule has 1 atom stereocenters. The van der Waals surface area contributed by atoms with Gasteiger partial charge in [-0.25, -0.2) is 0 Å². The monoisotopic (exact) mass is 126 g/mol. The number of hydrogen-bond acceptors (Lipinski definition) is 1. The predicted molar refractivity (Wildman–Crippen MR) is 38.0 cm³/mol. The summed E-state index contributed by atoms with van der Waals surface area (Å²) in [5.74, 6) is 0.551. The van der Waals surface area contributed by atoms with Crippen LogP contribution in [0, 0.1) is 0 Å². The first-order valence-corrected chi connectivity index (χ1v) is 3.05. The molecule has 0 aliphatic heterocycles. The summed E-state index contributed by atoms with van der Waals surface area (Å²) >= 11 is 0. The molecule has 0 fully saturated rings. The van der Waals surface area contributed by atoms with E-state index in [0.29, 0.717) is 5.76 Å². The van der Waals surface area contributed by atoms with Gasteiger partial charge >= 0.3 is 0 Å². The van der Waals surface area contributed by atoms with Crippen LogP contribution in [0.2, 0.25) is 0 Å². The zero-order chi connectivity index (χ0) is 6.85. The minimum atomic E-state index is -0.0614. The lowest BCUT2D eigenvalue weighted by Crippen LogP contribution is -2.23. The lowest BCUT2D eigenvalue weighted by Gasteiger charge is -2.09. The molecule has 0 bridgehead atoms. The summed E-state index contributed by atoms with van der Waals surface area (Å²) < 4.78 is 0. The van der Waals surface area contributed by atoms with Crippen molar-refractivity contribution in [3.8, 4) is 0 Å². The zero-order valence-corrected chi connectivity index (χ0v) is 5.52. The van der Waals surface area contributed by atoms with Crippen molar-refractivity contribution in [1.82, 2.24) is 0 Å². The molecule has 0 spiro atoms. The molecule has 4 N–H and O–H groups in total. The molecule has 1 unspecified atom stereocenters. The highest BCUT2D eigenvalue weighted by molar-refractivity contribution is 5.25. The Morgan fingerprint density at radius 2 is 2.44 bits per heavy atom. The average molecular weight is 126 g/mol. The van der Waals surface area contributed by atoms with E-state index < -0.39 is 0 Å². The number of hydrogen-bond donors (Lipinski definition) is 1. The Kier molecular flexibility index (Phi) is 1.58. The van der Waals surface area contributed by atoms with Crippen molar-refractivity contribution in [2.75, 3.05) is 0 Å². The minimum Gasteiger partial charge on any atom is -0.595 e. The number of nitrogens with two attached hydrogens (primary N) is 1. The van der Waals surface area contributed by atoms with E-state index in [4.69, 9.17) is 10.8 Å². The molecule has 0 heterocycles. The number of allylic oxidation sites excluding steroid dienone is 2. The molecule has 0 radical (unpaired) electrons. The largest absolute Gasteiger partial charge is 0.595 e. The maximum Gasteiger partial charge on any atom is 0.246 e. The lowest BCUT2D eigenvalue weighted by atomic mass is 10.0. The van der Waals surface area contributed by atoms with Crippen molar-refractivity contribution in [3.05, 3.63) is 23.5 Å². The van der Waals surface area contributed by atoms with Gasteiger partial charge in [-0.05, 0) is 18.9 Å². The van der Waals surface area contributed by atoms with Crippen LogP contribution in [0.5, 0.6) is 0 Å². The Morgan fingerprint density at radius 1 is 1.78 bits per heavy atom. The summed E-state index contributed by atoms with van der Waals surface area (Å²) in [7, 11) is 0. The molecule has 1 rings (SSSR count). The highest BCUT2D eigenvalue weighted by Crippen LogP contribution is 2.12. The zero-order valence-electron chi connectivity index (χ0n) is 5.52. The third-order valence-electron chi connectivity index (χ3n) is 1.48. The van der Waals surface area contributed by atoms with Crippen molar-refractivity contribution in [2.45, 2.75) is 19.4 Å². The molecule has 0 aromatic carbocycles. The van der Waals surface area contributed by atoms with Crippen molar-refractivity contribution >= 4 is 0 Å². The Hall–Kier alpha value is -0.760. The second kappa shape index (κ2) is 2.23. The molecule has 50 valence electrons. The molecule has 9 heavy (non-hydrogen) atoms. The summed E-state index contributed by atoms with van der Waals surface area (Å²) in [4.78, 5) is 0. The van der Waals surface area contributed by atoms with Crippen LogP contribution in [0.3, 0.4) is 0 Å². The van der Waals surface area contributed by atoms with E-state index in [1.54, 1.807) is 0 Å². The first-order valence-electron chi connectivity index (χ1n) is 3.05. The van der Waals surface area contributed by atoms with Gasteiger partial charge in [0.05, 0.1) is 0 Å². The van der Waals surface area contributed by atoms with E-state index in [0.717, 1.165) is 12.0 Å². The standard InChI is InChI=1S/C7H11NO/c1-5-2-3-6(8)7(9)4-5/h2,4,6,9H,3,8H2,1H3/p+1. The molecule has 1 aliphatic carbocycles. The highest BCUT2D eigenvalue weighted by Gasteiger charge is 2.14. The molecule has 0 saturated heterocycles. The Labute approximate surface area is 54.7 Å². The molecule has 0 saturated carbocycles. The van der Waals surface area contributed by atoms with E-state index >= 15 is 0 Å². The minimum absolute atomic E-state index is 0.0614. The first-order chi connectivity index (χ1) is 4.20. The van der Waals surface area contributed by atoms with Gasteiger partial charge in [-0.2, -0.15) is 0 Å².